The molecule has 1 fully saturated rings. The van der Waals surface area contributed by atoms with E-state index < -0.39 is 0 Å². The minimum Gasteiger partial charge on any atom is -0.383 e. The van der Waals surface area contributed by atoms with Gasteiger partial charge in [-0.25, -0.2) is 0 Å². The van der Waals surface area contributed by atoms with E-state index in [1.807, 2.05) is 4.90 Å². The van der Waals surface area contributed by atoms with E-state index in [0.717, 1.165) is 22.6 Å². The second kappa shape index (κ2) is 8.69. The van der Waals surface area contributed by atoms with E-state index >= 15 is 0 Å². The highest BCUT2D eigenvalue weighted by Gasteiger charge is 2.25. The number of methoxy groups -OCH3 is 1. The molecule has 8 heteroatoms. The molecule has 0 aliphatic carbocycles. The van der Waals surface area contributed by atoms with Crippen LogP contribution in [0, 0.1) is 11.8 Å². The van der Waals surface area contributed by atoms with E-state index in [1.54, 1.807) is 7.11 Å². The zero-order valence-corrected chi connectivity index (χ0v) is 15.0. The zero-order valence-electron chi connectivity index (χ0n) is 13.4. The number of rotatable bonds is 7. The molecule has 124 valence electrons. The van der Waals surface area contributed by atoms with E-state index in [1.165, 1.54) is 29.5 Å². The summed E-state index contributed by atoms with van der Waals surface area (Å²) in [6, 6.07) is 0. The van der Waals surface area contributed by atoms with Gasteiger partial charge in [-0.2, -0.15) is 0 Å². The Balaban J connectivity index is 1.76. The number of ether oxygens (including phenoxy) is 1. The second-order valence-corrected chi connectivity index (χ2v) is 8.03. The van der Waals surface area contributed by atoms with Gasteiger partial charge in [0.2, 0.25) is 11.0 Å². The SMILES string of the molecule is COCCNc1nnc(SCC(=O)N2CC(C)CC(C)C2)s1. The molecule has 0 spiro atoms. The fraction of sp³-hybridized carbons (Fsp3) is 0.786. The van der Waals surface area contributed by atoms with Gasteiger partial charge in [-0.3, -0.25) is 4.79 Å². The Kier molecular flexibility index (Phi) is 6.91. The molecule has 1 aliphatic heterocycles. The number of anilines is 1. The van der Waals surface area contributed by atoms with Crippen molar-refractivity contribution >= 4 is 34.1 Å². The lowest BCUT2D eigenvalue weighted by Gasteiger charge is -2.34. The van der Waals surface area contributed by atoms with Crippen LogP contribution in [0.1, 0.15) is 20.3 Å². The van der Waals surface area contributed by atoms with Crippen LogP contribution >= 0.6 is 23.1 Å². The number of likely N-dealkylation sites (tertiary alicyclic amines) is 1. The van der Waals surface area contributed by atoms with Crippen LogP contribution in [-0.2, 0) is 9.53 Å². The van der Waals surface area contributed by atoms with Gasteiger partial charge in [0.05, 0.1) is 12.4 Å². The first kappa shape index (κ1) is 17.5. The monoisotopic (exact) mass is 344 g/mol. The average Bonchev–Trinajstić information content (AvgIpc) is 2.92. The quantitative estimate of drug-likeness (QED) is 0.604. The summed E-state index contributed by atoms with van der Waals surface area (Å²) >= 11 is 2.94. The number of amides is 1. The molecule has 1 aliphatic rings. The Morgan fingerprint density at radius 2 is 2.14 bits per heavy atom. The van der Waals surface area contributed by atoms with Crippen molar-refractivity contribution in [2.75, 3.05) is 44.4 Å². The van der Waals surface area contributed by atoms with E-state index in [2.05, 4.69) is 29.4 Å². The lowest BCUT2D eigenvalue weighted by atomic mass is 9.92. The van der Waals surface area contributed by atoms with Crippen LogP contribution in [0.2, 0.25) is 0 Å². The van der Waals surface area contributed by atoms with Crippen molar-refractivity contribution in [2.45, 2.75) is 24.6 Å². The van der Waals surface area contributed by atoms with Crippen LogP contribution in [0.3, 0.4) is 0 Å². The van der Waals surface area contributed by atoms with Crippen LogP contribution in [0.4, 0.5) is 5.13 Å². The minimum atomic E-state index is 0.201. The van der Waals surface area contributed by atoms with E-state index in [9.17, 15) is 4.79 Å². The van der Waals surface area contributed by atoms with Crippen LogP contribution in [0.25, 0.3) is 0 Å². The van der Waals surface area contributed by atoms with E-state index in [-0.39, 0.29) is 5.91 Å². The lowest BCUT2D eigenvalue weighted by molar-refractivity contribution is -0.130. The minimum absolute atomic E-state index is 0.201. The first-order chi connectivity index (χ1) is 10.6. The molecule has 2 unspecified atom stereocenters. The maximum absolute atomic E-state index is 12.3. The molecule has 2 heterocycles. The molecule has 1 saturated heterocycles. The number of nitrogens with zero attached hydrogens (tertiary/aromatic N) is 3. The standard InChI is InChI=1S/C14H24N4O2S2/c1-10-6-11(2)8-18(7-10)12(19)9-21-14-17-16-13(22-14)15-4-5-20-3/h10-11H,4-9H2,1-3H3,(H,15,16). The van der Waals surface area contributed by atoms with Crippen molar-refractivity contribution in [3.63, 3.8) is 0 Å². The van der Waals surface area contributed by atoms with Crippen LogP contribution in [0.15, 0.2) is 4.34 Å². The number of hydrogen-bond donors (Lipinski definition) is 1. The highest BCUT2D eigenvalue weighted by Crippen LogP contribution is 2.27. The van der Waals surface area contributed by atoms with Gasteiger partial charge in [-0.05, 0) is 18.3 Å². The van der Waals surface area contributed by atoms with Gasteiger partial charge < -0.3 is 15.0 Å². The number of aromatic nitrogens is 2. The van der Waals surface area contributed by atoms with Gasteiger partial charge in [0.25, 0.3) is 0 Å². The van der Waals surface area contributed by atoms with Gasteiger partial charge >= 0.3 is 0 Å². The maximum Gasteiger partial charge on any atom is 0.233 e. The lowest BCUT2D eigenvalue weighted by Crippen LogP contribution is -2.43. The van der Waals surface area contributed by atoms with Crippen molar-refractivity contribution in [1.29, 1.82) is 0 Å². The normalized spacial score (nSPS) is 21.9. The fourth-order valence-corrected chi connectivity index (χ4v) is 4.36. The summed E-state index contributed by atoms with van der Waals surface area (Å²) in [5.74, 6) is 1.82. The van der Waals surface area contributed by atoms with Crippen LogP contribution in [-0.4, -0.2) is 60.1 Å². The molecule has 1 amide bonds. The highest BCUT2D eigenvalue weighted by molar-refractivity contribution is 8.01. The van der Waals surface area contributed by atoms with Crippen molar-refractivity contribution in [3.05, 3.63) is 0 Å². The predicted octanol–water partition coefficient (Wildman–Crippen LogP) is 2.19. The van der Waals surface area contributed by atoms with Crippen LogP contribution in [0.5, 0.6) is 0 Å². The molecule has 0 aromatic carbocycles. The maximum atomic E-state index is 12.3. The third-order valence-electron chi connectivity index (χ3n) is 3.53. The number of nitrogens with one attached hydrogen (secondary N) is 1. The third kappa shape index (κ3) is 5.40. The van der Waals surface area contributed by atoms with Gasteiger partial charge in [-0.1, -0.05) is 36.9 Å². The Morgan fingerprint density at radius 3 is 2.82 bits per heavy atom. The Hall–Kier alpha value is -0.860. The molecule has 2 rings (SSSR count). The number of hydrogen-bond acceptors (Lipinski definition) is 7. The predicted molar refractivity (Wildman–Crippen MR) is 90.5 cm³/mol. The molecule has 0 bridgehead atoms. The topological polar surface area (TPSA) is 67.3 Å². The number of carbonyl (C=O) groups excluding carboxylic acids is 1. The summed E-state index contributed by atoms with van der Waals surface area (Å²) < 4.78 is 5.80. The Bertz CT molecular complexity index is 473. The summed E-state index contributed by atoms with van der Waals surface area (Å²) in [5, 5.41) is 12.1. The average molecular weight is 345 g/mol. The Labute approximate surface area is 140 Å². The molecule has 0 radical (unpaired) electrons. The molecule has 1 N–H and O–H groups in total. The second-order valence-electron chi connectivity index (χ2n) is 5.83. The number of thioether (sulfide) groups is 1. The molecule has 1 aromatic heterocycles. The summed E-state index contributed by atoms with van der Waals surface area (Å²) in [4.78, 5) is 14.3. The highest BCUT2D eigenvalue weighted by atomic mass is 32.2. The van der Waals surface area contributed by atoms with Gasteiger partial charge in [0, 0.05) is 26.7 Å². The van der Waals surface area contributed by atoms with Gasteiger partial charge in [0.1, 0.15) is 0 Å². The molecule has 6 nitrogen and oxygen atoms in total. The number of carbonyl (C=O) groups is 1. The van der Waals surface area contributed by atoms with E-state index in [0.29, 0.717) is 30.7 Å². The van der Waals surface area contributed by atoms with Crippen molar-refractivity contribution < 1.29 is 9.53 Å². The number of piperidine rings is 1. The smallest absolute Gasteiger partial charge is 0.233 e. The Morgan fingerprint density at radius 1 is 1.41 bits per heavy atom. The molecular formula is C14H24N4O2S2. The molecule has 1 aromatic rings. The van der Waals surface area contributed by atoms with Crippen molar-refractivity contribution in [1.82, 2.24) is 15.1 Å². The van der Waals surface area contributed by atoms with Gasteiger partial charge in [-0.15, -0.1) is 10.2 Å². The first-order valence-electron chi connectivity index (χ1n) is 7.55. The van der Waals surface area contributed by atoms with Crippen LogP contribution < -0.4 is 5.32 Å². The molecule has 2 atom stereocenters. The van der Waals surface area contributed by atoms with Crippen molar-refractivity contribution in [2.24, 2.45) is 11.8 Å². The third-order valence-corrected chi connectivity index (χ3v) is 5.53. The van der Waals surface area contributed by atoms with Gasteiger partial charge in [0.15, 0.2) is 4.34 Å². The largest absolute Gasteiger partial charge is 0.383 e. The van der Waals surface area contributed by atoms with Crippen molar-refractivity contribution in [3.8, 4) is 0 Å². The summed E-state index contributed by atoms with van der Waals surface area (Å²) in [7, 11) is 1.66. The zero-order chi connectivity index (χ0) is 15.9. The molecular weight excluding hydrogens is 320 g/mol. The van der Waals surface area contributed by atoms with E-state index in [4.69, 9.17) is 4.74 Å². The summed E-state index contributed by atoms with van der Waals surface area (Å²) in [6.45, 7) is 7.52. The summed E-state index contributed by atoms with van der Waals surface area (Å²) in [5.41, 5.74) is 0. The summed E-state index contributed by atoms with van der Waals surface area (Å²) in [6.07, 6.45) is 1.21. The molecule has 22 heavy (non-hydrogen) atoms. The first-order valence-corrected chi connectivity index (χ1v) is 9.35. The fourth-order valence-electron chi connectivity index (χ4n) is 2.68. The molecule has 0 saturated carbocycles.